The number of ether oxygens (including phenoxy) is 1. The van der Waals surface area contributed by atoms with Crippen LogP contribution in [0.5, 0.6) is 0 Å². The Kier molecular flexibility index (Phi) is 3.87. The van der Waals surface area contributed by atoms with E-state index in [1.165, 1.54) is 6.07 Å². The minimum Gasteiger partial charge on any atom is -0.448 e. The summed E-state index contributed by atoms with van der Waals surface area (Å²) in [5.74, 6) is -0.762. The number of aryl methyl sites for hydroxylation is 1. The number of H-pyrrole nitrogens is 1. The van der Waals surface area contributed by atoms with E-state index in [0.717, 1.165) is 36.1 Å². The largest absolute Gasteiger partial charge is 0.448 e. The summed E-state index contributed by atoms with van der Waals surface area (Å²) in [7, 11) is 0. The van der Waals surface area contributed by atoms with Crippen molar-refractivity contribution < 1.29 is 14.3 Å². The van der Waals surface area contributed by atoms with Gasteiger partial charge in [-0.2, -0.15) is 0 Å². The van der Waals surface area contributed by atoms with Crippen molar-refractivity contribution >= 4 is 11.9 Å². The van der Waals surface area contributed by atoms with E-state index in [4.69, 9.17) is 4.74 Å². The Morgan fingerprint density at radius 1 is 1.16 bits per heavy atom. The number of benzene rings is 1. The van der Waals surface area contributed by atoms with Gasteiger partial charge in [0.1, 0.15) is 0 Å². The molecule has 128 valence electrons. The zero-order valence-corrected chi connectivity index (χ0v) is 13.6. The molecule has 2 N–H and O–H groups in total. The van der Waals surface area contributed by atoms with Gasteiger partial charge in [0, 0.05) is 18.2 Å². The summed E-state index contributed by atoms with van der Waals surface area (Å²) in [5, 5.41) is 2.98. The molecule has 0 spiro atoms. The molecule has 4 rings (SSSR count). The molecule has 0 radical (unpaired) electrons. The monoisotopic (exact) mass is 338 g/mol. The first kappa shape index (κ1) is 15.6. The quantitative estimate of drug-likeness (QED) is 0.815. The number of esters is 1. The molecule has 1 aromatic heterocycles. The highest BCUT2D eigenvalue weighted by molar-refractivity contribution is 5.95. The standard InChI is InChI=1S/C19H18N2O4/c22-17-9-8-13-14(20-17)6-3-7-15(13)21-18(23)16-10-11-4-1-2-5-12(11)19(24)25-16/h1-2,4-5,8-9,15-16H,3,6-7,10H2,(H,20,22)(H,21,23)/t15-,16-/m0/s1. The first-order chi connectivity index (χ1) is 12.1. The van der Waals surface area contributed by atoms with Crippen LogP contribution in [0.1, 0.15) is 46.1 Å². The summed E-state index contributed by atoms with van der Waals surface area (Å²) in [6.45, 7) is 0. The summed E-state index contributed by atoms with van der Waals surface area (Å²) in [5.41, 5.74) is 3.01. The van der Waals surface area contributed by atoms with Crippen LogP contribution in [0.15, 0.2) is 41.2 Å². The number of fused-ring (bicyclic) bond motifs is 2. The minimum atomic E-state index is -0.824. The Balaban J connectivity index is 1.52. The van der Waals surface area contributed by atoms with E-state index < -0.39 is 12.1 Å². The Hall–Kier alpha value is -2.89. The van der Waals surface area contributed by atoms with Gasteiger partial charge in [0.25, 0.3) is 5.91 Å². The number of amides is 1. The molecule has 2 aromatic rings. The summed E-state index contributed by atoms with van der Waals surface area (Å²) in [4.78, 5) is 39.0. The molecular weight excluding hydrogens is 320 g/mol. The number of hydrogen-bond donors (Lipinski definition) is 2. The summed E-state index contributed by atoms with van der Waals surface area (Å²) < 4.78 is 5.31. The zero-order valence-electron chi connectivity index (χ0n) is 13.6. The molecule has 2 atom stereocenters. The van der Waals surface area contributed by atoms with Crippen LogP contribution in [-0.2, 0) is 22.4 Å². The smallest absolute Gasteiger partial charge is 0.339 e. The Bertz CT molecular complexity index is 902. The second-order valence-corrected chi connectivity index (χ2v) is 6.47. The van der Waals surface area contributed by atoms with Gasteiger partial charge in [0.05, 0.1) is 11.6 Å². The van der Waals surface area contributed by atoms with Crippen LogP contribution in [0.2, 0.25) is 0 Å². The van der Waals surface area contributed by atoms with Crippen molar-refractivity contribution in [2.75, 3.05) is 0 Å². The zero-order chi connectivity index (χ0) is 17.4. The Labute approximate surface area is 144 Å². The third-order valence-electron chi connectivity index (χ3n) is 4.83. The molecule has 1 aromatic carbocycles. The number of cyclic esters (lactones) is 1. The topological polar surface area (TPSA) is 88.3 Å². The summed E-state index contributed by atoms with van der Waals surface area (Å²) in [6, 6.07) is 10.2. The minimum absolute atomic E-state index is 0.136. The average Bonchev–Trinajstić information content (AvgIpc) is 2.61. The molecule has 0 bridgehead atoms. The predicted molar refractivity (Wildman–Crippen MR) is 90.2 cm³/mol. The third-order valence-corrected chi connectivity index (χ3v) is 4.83. The van der Waals surface area contributed by atoms with E-state index in [1.54, 1.807) is 18.2 Å². The number of aromatic amines is 1. The van der Waals surface area contributed by atoms with Crippen molar-refractivity contribution in [3.63, 3.8) is 0 Å². The SMILES string of the molecule is O=C1O[C@H](C(=O)N[C@H]2CCCc3[nH]c(=O)ccc32)Cc2ccccc21. The van der Waals surface area contributed by atoms with Gasteiger partial charge in [-0.15, -0.1) is 0 Å². The fraction of sp³-hybridized carbons (Fsp3) is 0.316. The maximum atomic E-state index is 12.6. The van der Waals surface area contributed by atoms with Gasteiger partial charge >= 0.3 is 5.97 Å². The lowest BCUT2D eigenvalue weighted by atomic mass is 9.90. The van der Waals surface area contributed by atoms with Crippen LogP contribution in [0.3, 0.4) is 0 Å². The fourth-order valence-corrected chi connectivity index (χ4v) is 3.59. The lowest BCUT2D eigenvalue weighted by Crippen LogP contribution is -2.44. The van der Waals surface area contributed by atoms with Crippen molar-refractivity contribution in [3.05, 3.63) is 69.1 Å². The van der Waals surface area contributed by atoms with Gasteiger partial charge in [-0.25, -0.2) is 4.79 Å². The molecule has 0 saturated carbocycles. The van der Waals surface area contributed by atoms with Crippen LogP contribution in [0.4, 0.5) is 0 Å². The molecule has 2 aliphatic rings. The average molecular weight is 338 g/mol. The molecule has 1 aliphatic heterocycles. The van der Waals surface area contributed by atoms with E-state index in [1.807, 2.05) is 12.1 Å². The number of hydrogen-bond acceptors (Lipinski definition) is 4. The number of rotatable bonds is 2. The number of nitrogens with one attached hydrogen (secondary N) is 2. The van der Waals surface area contributed by atoms with Crippen LogP contribution >= 0.6 is 0 Å². The predicted octanol–water partition coefficient (Wildman–Crippen LogP) is 1.65. The number of carbonyl (C=O) groups is 2. The second-order valence-electron chi connectivity index (χ2n) is 6.47. The maximum absolute atomic E-state index is 12.6. The highest BCUT2D eigenvalue weighted by Crippen LogP contribution is 2.28. The van der Waals surface area contributed by atoms with Crippen molar-refractivity contribution in [1.29, 1.82) is 0 Å². The molecule has 2 heterocycles. The van der Waals surface area contributed by atoms with Gasteiger partial charge in [0.15, 0.2) is 6.10 Å². The molecule has 6 nitrogen and oxygen atoms in total. The highest BCUT2D eigenvalue weighted by atomic mass is 16.5. The lowest BCUT2D eigenvalue weighted by Gasteiger charge is -2.29. The van der Waals surface area contributed by atoms with Crippen molar-refractivity contribution in [2.45, 2.75) is 37.8 Å². The molecule has 1 aliphatic carbocycles. The summed E-state index contributed by atoms with van der Waals surface area (Å²) in [6.07, 6.45) is 2.02. The third kappa shape index (κ3) is 2.95. The van der Waals surface area contributed by atoms with Crippen LogP contribution in [-0.4, -0.2) is 23.0 Å². The van der Waals surface area contributed by atoms with Crippen LogP contribution < -0.4 is 10.9 Å². The Morgan fingerprint density at radius 2 is 2.00 bits per heavy atom. The van der Waals surface area contributed by atoms with Gasteiger partial charge in [-0.3, -0.25) is 9.59 Å². The number of carbonyl (C=O) groups excluding carboxylic acids is 2. The van der Waals surface area contributed by atoms with Crippen LogP contribution in [0.25, 0.3) is 0 Å². The van der Waals surface area contributed by atoms with Crippen molar-refractivity contribution in [2.24, 2.45) is 0 Å². The maximum Gasteiger partial charge on any atom is 0.339 e. The molecule has 0 saturated heterocycles. The first-order valence-corrected chi connectivity index (χ1v) is 8.43. The van der Waals surface area contributed by atoms with Gasteiger partial charge in [0.2, 0.25) is 5.56 Å². The molecule has 0 unspecified atom stereocenters. The van der Waals surface area contributed by atoms with Gasteiger partial charge in [-0.05, 0) is 42.5 Å². The number of pyridine rings is 1. The Morgan fingerprint density at radius 3 is 2.88 bits per heavy atom. The van der Waals surface area contributed by atoms with E-state index in [2.05, 4.69) is 10.3 Å². The highest BCUT2D eigenvalue weighted by Gasteiger charge is 2.33. The van der Waals surface area contributed by atoms with Gasteiger partial charge in [-0.1, -0.05) is 18.2 Å². The lowest BCUT2D eigenvalue weighted by molar-refractivity contribution is -0.131. The van der Waals surface area contributed by atoms with Crippen molar-refractivity contribution in [3.8, 4) is 0 Å². The number of aromatic nitrogens is 1. The first-order valence-electron chi connectivity index (χ1n) is 8.43. The van der Waals surface area contributed by atoms with Gasteiger partial charge < -0.3 is 15.0 Å². The molecule has 0 fully saturated rings. The van der Waals surface area contributed by atoms with E-state index >= 15 is 0 Å². The molecule has 25 heavy (non-hydrogen) atoms. The summed E-state index contributed by atoms with van der Waals surface area (Å²) >= 11 is 0. The normalized spacial score (nSPS) is 21.7. The molecular formula is C19H18N2O4. The molecule has 1 amide bonds. The van der Waals surface area contributed by atoms with Crippen molar-refractivity contribution in [1.82, 2.24) is 10.3 Å². The van der Waals surface area contributed by atoms with E-state index in [-0.39, 0.29) is 17.5 Å². The second kappa shape index (κ2) is 6.20. The molecule has 6 heteroatoms. The van der Waals surface area contributed by atoms with E-state index in [9.17, 15) is 14.4 Å². The fourth-order valence-electron chi connectivity index (χ4n) is 3.59. The van der Waals surface area contributed by atoms with Crippen LogP contribution in [0, 0.1) is 0 Å². The van der Waals surface area contributed by atoms with E-state index in [0.29, 0.717) is 12.0 Å².